The summed E-state index contributed by atoms with van der Waals surface area (Å²) in [7, 11) is -3.70. The zero-order valence-electron chi connectivity index (χ0n) is 21.0. The van der Waals surface area contributed by atoms with Gasteiger partial charge in [-0.2, -0.15) is 4.31 Å². The van der Waals surface area contributed by atoms with Crippen molar-refractivity contribution in [3.8, 4) is 11.1 Å². The van der Waals surface area contributed by atoms with E-state index in [0.717, 1.165) is 24.0 Å². The topological polar surface area (TPSA) is 66.5 Å². The molecule has 5 nitrogen and oxygen atoms in total. The molecule has 1 saturated heterocycles. The molecule has 0 aliphatic carbocycles. The Labute approximate surface area is 232 Å². The van der Waals surface area contributed by atoms with Crippen molar-refractivity contribution < 1.29 is 17.6 Å². The number of sulfonamides is 1. The third-order valence-electron chi connectivity index (χ3n) is 6.62. The first-order valence-electron chi connectivity index (χ1n) is 12.6. The maximum absolute atomic E-state index is 13.6. The summed E-state index contributed by atoms with van der Waals surface area (Å²) < 4.78 is 41.1. The van der Waals surface area contributed by atoms with Gasteiger partial charge < -0.3 is 5.32 Å². The predicted octanol–water partition coefficient (Wildman–Crippen LogP) is 7.11. The molecule has 1 fully saturated rings. The molecule has 0 atom stereocenters. The molecule has 1 amide bonds. The Morgan fingerprint density at radius 3 is 2.15 bits per heavy atom. The molecule has 39 heavy (non-hydrogen) atoms. The smallest absolute Gasteiger partial charge is 0.256 e. The molecule has 4 aromatic rings. The van der Waals surface area contributed by atoms with Crippen LogP contribution in [0.1, 0.15) is 24.0 Å². The van der Waals surface area contributed by atoms with Crippen LogP contribution < -0.4 is 5.32 Å². The first kappa shape index (κ1) is 26.8. The van der Waals surface area contributed by atoms with E-state index < -0.39 is 15.9 Å². The number of carbonyl (C=O) groups excluding carboxylic acids is 1. The Balaban J connectivity index is 1.49. The SMILES string of the molecule is O=C(Nc1cc(S(=O)(=O)N2CCCC2)ccc1Cl)/C(=C/c1ccc(F)cc1)c1ccc(-c2ccccc2)cc1. The van der Waals surface area contributed by atoms with Crippen LogP contribution in [0.2, 0.25) is 5.02 Å². The first-order chi connectivity index (χ1) is 18.8. The molecule has 0 bridgehead atoms. The van der Waals surface area contributed by atoms with Crippen LogP contribution in [0, 0.1) is 5.82 Å². The van der Waals surface area contributed by atoms with E-state index in [4.69, 9.17) is 11.6 Å². The number of nitrogens with one attached hydrogen (secondary N) is 1. The standard InChI is InChI=1S/C31H26ClFN2O3S/c32-29-17-16-27(39(37,38)35-18-4-5-19-35)21-30(29)34-31(36)28(20-22-8-14-26(33)15-9-22)25-12-10-24(11-13-25)23-6-2-1-3-7-23/h1-3,6-17,20-21H,4-5,18-19H2,(H,34,36)/b28-20+. The lowest BCUT2D eigenvalue weighted by Crippen LogP contribution is -2.28. The van der Waals surface area contributed by atoms with Crippen molar-refractivity contribution >= 4 is 44.9 Å². The van der Waals surface area contributed by atoms with Gasteiger partial charge in [0.1, 0.15) is 5.82 Å². The van der Waals surface area contributed by atoms with E-state index in [2.05, 4.69) is 5.32 Å². The summed E-state index contributed by atoms with van der Waals surface area (Å²) in [4.78, 5) is 13.7. The number of benzene rings is 4. The maximum atomic E-state index is 13.6. The lowest BCUT2D eigenvalue weighted by Gasteiger charge is -2.17. The second-order valence-corrected chi connectivity index (χ2v) is 11.6. The third kappa shape index (κ3) is 6.11. The largest absolute Gasteiger partial charge is 0.321 e. The summed E-state index contributed by atoms with van der Waals surface area (Å²) in [5, 5.41) is 3.01. The van der Waals surface area contributed by atoms with Crippen molar-refractivity contribution in [2.24, 2.45) is 0 Å². The van der Waals surface area contributed by atoms with Gasteiger partial charge in [-0.15, -0.1) is 0 Å². The lowest BCUT2D eigenvalue weighted by atomic mass is 9.98. The van der Waals surface area contributed by atoms with Gasteiger partial charge in [-0.05, 0) is 71.5 Å². The highest BCUT2D eigenvalue weighted by atomic mass is 35.5. The lowest BCUT2D eigenvalue weighted by molar-refractivity contribution is -0.111. The Morgan fingerprint density at radius 2 is 1.49 bits per heavy atom. The average molecular weight is 561 g/mol. The average Bonchev–Trinajstić information content (AvgIpc) is 3.51. The number of hydrogen-bond donors (Lipinski definition) is 1. The van der Waals surface area contributed by atoms with E-state index in [-0.39, 0.29) is 21.4 Å². The van der Waals surface area contributed by atoms with Crippen molar-refractivity contribution in [1.29, 1.82) is 0 Å². The zero-order valence-corrected chi connectivity index (χ0v) is 22.6. The van der Waals surface area contributed by atoms with Gasteiger partial charge in [0.05, 0.1) is 15.6 Å². The quantitative estimate of drug-likeness (QED) is 0.193. The van der Waals surface area contributed by atoms with Gasteiger partial charge in [0.2, 0.25) is 10.0 Å². The van der Waals surface area contributed by atoms with Crippen molar-refractivity contribution in [2.45, 2.75) is 17.7 Å². The molecule has 4 aromatic carbocycles. The van der Waals surface area contributed by atoms with E-state index in [9.17, 15) is 17.6 Å². The van der Waals surface area contributed by atoms with Gasteiger partial charge in [0, 0.05) is 18.7 Å². The Kier molecular flexibility index (Phi) is 7.93. The zero-order chi connectivity index (χ0) is 27.4. The molecule has 1 aliphatic rings. The van der Waals surface area contributed by atoms with Crippen LogP contribution in [0.3, 0.4) is 0 Å². The summed E-state index contributed by atoms with van der Waals surface area (Å²) in [6, 6.07) is 27.5. The van der Waals surface area contributed by atoms with E-state index in [1.54, 1.807) is 18.2 Å². The minimum Gasteiger partial charge on any atom is -0.321 e. The Bertz CT molecular complexity index is 1620. The van der Waals surface area contributed by atoms with Crippen LogP contribution >= 0.6 is 11.6 Å². The van der Waals surface area contributed by atoms with E-state index in [0.29, 0.717) is 29.8 Å². The predicted molar refractivity (Wildman–Crippen MR) is 154 cm³/mol. The number of rotatable bonds is 7. The molecular formula is C31H26ClFN2O3S. The van der Waals surface area contributed by atoms with Crippen LogP contribution in [0.5, 0.6) is 0 Å². The maximum Gasteiger partial charge on any atom is 0.256 e. The highest BCUT2D eigenvalue weighted by Crippen LogP contribution is 2.30. The molecule has 0 aromatic heterocycles. The molecule has 8 heteroatoms. The molecule has 1 N–H and O–H groups in total. The van der Waals surface area contributed by atoms with Crippen LogP contribution in [-0.4, -0.2) is 31.7 Å². The molecule has 0 saturated carbocycles. The van der Waals surface area contributed by atoms with Gasteiger partial charge in [-0.3, -0.25) is 4.79 Å². The summed E-state index contributed by atoms with van der Waals surface area (Å²) in [6.45, 7) is 0.937. The van der Waals surface area contributed by atoms with Crippen molar-refractivity contribution in [2.75, 3.05) is 18.4 Å². The van der Waals surface area contributed by atoms with Crippen LogP contribution in [-0.2, 0) is 14.8 Å². The fraction of sp³-hybridized carbons (Fsp3) is 0.129. The Morgan fingerprint density at radius 1 is 0.846 bits per heavy atom. The van der Waals surface area contributed by atoms with E-state index >= 15 is 0 Å². The van der Waals surface area contributed by atoms with Gasteiger partial charge in [0.15, 0.2) is 0 Å². The second kappa shape index (κ2) is 11.5. The fourth-order valence-electron chi connectivity index (χ4n) is 4.51. The molecule has 1 aliphatic heterocycles. The van der Waals surface area contributed by atoms with Crippen LogP contribution in [0.4, 0.5) is 10.1 Å². The monoisotopic (exact) mass is 560 g/mol. The van der Waals surface area contributed by atoms with Crippen molar-refractivity contribution in [1.82, 2.24) is 4.31 Å². The van der Waals surface area contributed by atoms with Crippen molar-refractivity contribution in [3.63, 3.8) is 0 Å². The van der Waals surface area contributed by atoms with Crippen LogP contribution in [0.15, 0.2) is 102 Å². The summed E-state index contributed by atoms with van der Waals surface area (Å²) in [5.74, 6) is -0.863. The highest BCUT2D eigenvalue weighted by Gasteiger charge is 2.28. The second-order valence-electron chi connectivity index (χ2n) is 9.26. The number of amides is 1. The van der Waals surface area contributed by atoms with Crippen LogP contribution in [0.25, 0.3) is 22.8 Å². The minimum absolute atomic E-state index is 0.0698. The molecule has 0 unspecified atom stereocenters. The van der Waals surface area contributed by atoms with E-state index in [1.807, 2.05) is 54.6 Å². The Hall–Kier alpha value is -3.78. The minimum atomic E-state index is -3.70. The van der Waals surface area contributed by atoms with Gasteiger partial charge in [-0.25, -0.2) is 12.8 Å². The molecule has 0 spiro atoms. The molecule has 0 radical (unpaired) electrons. The fourth-order valence-corrected chi connectivity index (χ4v) is 6.21. The normalized spacial score (nSPS) is 14.4. The van der Waals surface area contributed by atoms with Gasteiger partial charge in [0.25, 0.3) is 5.91 Å². The molecule has 198 valence electrons. The summed E-state index contributed by atoms with van der Waals surface area (Å²) in [6.07, 6.45) is 3.29. The van der Waals surface area contributed by atoms with Gasteiger partial charge >= 0.3 is 0 Å². The van der Waals surface area contributed by atoms with Crippen molar-refractivity contribution in [3.05, 3.63) is 119 Å². The van der Waals surface area contributed by atoms with Gasteiger partial charge in [-0.1, -0.05) is 78.3 Å². The number of carbonyl (C=O) groups is 1. The molecule has 1 heterocycles. The first-order valence-corrected chi connectivity index (χ1v) is 14.4. The number of hydrogen-bond acceptors (Lipinski definition) is 3. The number of anilines is 1. The number of nitrogens with zero attached hydrogens (tertiary/aromatic N) is 1. The molecule has 5 rings (SSSR count). The summed E-state index contributed by atoms with van der Waals surface area (Å²) >= 11 is 6.38. The number of halogens is 2. The summed E-state index contributed by atoms with van der Waals surface area (Å²) in [5.41, 5.74) is 3.79. The highest BCUT2D eigenvalue weighted by molar-refractivity contribution is 7.89. The molecular weight excluding hydrogens is 535 g/mol. The third-order valence-corrected chi connectivity index (χ3v) is 8.84. The van der Waals surface area contributed by atoms with E-state index in [1.165, 1.54) is 34.6 Å².